The topological polar surface area (TPSA) is 58.4 Å². The van der Waals surface area contributed by atoms with E-state index in [1.54, 1.807) is 18.5 Å². The summed E-state index contributed by atoms with van der Waals surface area (Å²) >= 11 is 3.41. The van der Waals surface area contributed by atoms with Crippen molar-refractivity contribution in [2.75, 3.05) is 19.6 Å². The molecule has 0 saturated carbocycles. The molecule has 2 aromatic heterocycles. The number of nitrogens with zero attached hydrogens (tertiary/aromatic N) is 2. The second kappa shape index (κ2) is 5.10. The Hall–Kier alpha value is -1.40. The number of hydrogen-bond donors (Lipinski definition) is 1. The highest BCUT2D eigenvalue weighted by atomic mass is 79.9. The average Bonchev–Trinajstić information content (AvgIpc) is 3.02. The molecule has 2 saturated heterocycles. The number of carbonyl (C=O) groups is 1. The average molecular weight is 350 g/mol. The maximum atomic E-state index is 12.4. The lowest BCUT2D eigenvalue weighted by molar-refractivity contribution is 0.0904. The summed E-state index contributed by atoms with van der Waals surface area (Å²) in [4.78, 5) is 19.0. The van der Waals surface area contributed by atoms with Crippen molar-refractivity contribution in [3.8, 4) is 0 Å². The number of pyridine rings is 1. The largest absolute Gasteiger partial charge is 0.461 e. The zero-order valence-electron chi connectivity index (χ0n) is 11.5. The van der Waals surface area contributed by atoms with E-state index < -0.39 is 0 Å². The molecule has 6 heteroatoms. The second-order valence-electron chi connectivity index (χ2n) is 5.97. The Kier molecular flexibility index (Phi) is 3.23. The van der Waals surface area contributed by atoms with Gasteiger partial charge < -0.3 is 14.6 Å². The molecule has 0 aliphatic carbocycles. The summed E-state index contributed by atoms with van der Waals surface area (Å²) in [6.45, 7) is 3.32. The number of fused-ring (bicyclic) bond motifs is 3. The van der Waals surface area contributed by atoms with E-state index in [4.69, 9.17) is 4.42 Å². The first-order chi connectivity index (χ1) is 10.2. The monoisotopic (exact) mass is 349 g/mol. The molecule has 2 fully saturated rings. The van der Waals surface area contributed by atoms with Crippen molar-refractivity contribution in [1.82, 2.24) is 15.2 Å². The zero-order valence-corrected chi connectivity index (χ0v) is 13.1. The minimum absolute atomic E-state index is 0.0995. The van der Waals surface area contributed by atoms with Crippen molar-refractivity contribution >= 4 is 32.8 Å². The molecule has 5 nitrogen and oxygen atoms in total. The van der Waals surface area contributed by atoms with Gasteiger partial charge in [-0.3, -0.25) is 4.79 Å². The van der Waals surface area contributed by atoms with Gasteiger partial charge in [-0.1, -0.05) is 0 Å². The highest BCUT2D eigenvalue weighted by Gasteiger charge is 2.33. The first-order valence-corrected chi connectivity index (χ1v) is 8.04. The third kappa shape index (κ3) is 2.46. The Morgan fingerprint density at radius 2 is 2.38 bits per heavy atom. The van der Waals surface area contributed by atoms with Gasteiger partial charge in [-0.05, 0) is 47.3 Å². The third-order valence-electron chi connectivity index (χ3n) is 4.45. The van der Waals surface area contributed by atoms with Gasteiger partial charge in [0.15, 0.2) is 5.58 Å². The fourth-order valence-corrected chi connectivity index (χ4v) is 3.85. The summed E-state index contributed by atoms with van der Waals surface area (Å²) in [6, 6.07) is 2.01. The van der Waals surface area contributed by atoms with Gasteiger partial charge in [0.2, 0.25) is 0 Å². The number of piperidine rings is 1. The number of amides is 1. The fourth-order valence-electron chi connectivity index (χ4n) is 3.45. The molecular formula is C15H16BrN3O2. The smallest absolute Gasteiger partial charge is 0.270 e. The number of halogens is 1. The van der Waals surface area contributed by atoms with Crippen LogP contribution in [0.15, 0.2) is 27.4 Å². The third-order valence-corrected chi connectivity index (χ3v) is 5.06. The number of carbonyl (C=O) groups excluding carboxylic acids is 1. The van der Waals surface area contributed by atoms with Crippen LogP contribution in [0.5, 0.6) is 0 Å². The Bertz CT molecular complexity index is 687. The van der Waals surface area contributed by atoms with Crippen LogP contribution in [0.3, 0.4) is 0 Å². The lowest BCUT2D eigenvalue weighted by Crippen LogP contribution is -2.47. The Labute approximate surface area is 130 Å². The number of rotatable bonds is 2. The van der Waals surface area contributed by atoms with E-state index in [2.05, 4.69) is 31.1 Å². The van der Waals surface area contributed by atoms with E-state index in [0.717, 1.165) is 28.7 Å². The molecule has 0 radical (unpaired) electrons. The molecule has 4 rings (SSSR count). The second-order valence-corrected chi connectivity index (χ2v) is 6.82. The van der Waals surface area contributed by atoms with E-state index in [1.165, 1.54) is 19.5 Å². The van der Waals surface area contributed by atoms with Crippen LogP contribution in [-0.2, 0) is 0 Å². The van der Waals surface area contributed by atoms with Crippen LogP contribution in [0.2, 0.25) is 0 Å². The molecule has 1 amide bonds. The molecule has 2 aliphatic rings. The molecule has 1 N–H and O–H groups in total. The van der Waals surface area contributed by atoms with Crippen LogP contribution < -0.4 is 5.32 Å². The van der Waals surface area contributed by atoms with E-state index in [1.807, 2.05) is 0 Å². The van der Waals surface area contributed by atoms with Crippen LogP contribution in [-0.4, -0.2) is 41.5 Å². The Morgan fingerprint density at radius 3 is 3.24 bits per heavy atom. The van der Waals surface area contributed by atoms with Crippen LogP contribution in [0.25, 0.3) is 11.0 Å². The van der Waals surface area contributed by atoms with Crippen molar-refractivity contribution in [3.63, 3.8) is 0 Å². The molecule has 2 aromatic rings. The van der Waals surface area contributed by atoms with E-state index in [0.29, 0.717) is 11.3 Å². The van der Waals surface area contributed by atoms with Crippen LogP contribution in [0.4, 0.5) is 0 Å². The fraction of sp³-hybridized carbons (Fsp3) is 0.467. The molecule has 2 bridgehead atoms. The molecule has 110 valence electrons. The van der Waals surface area contributed by atoms with Gasteiger partial charge in [-0.15, -0.1) is 0 Å². The molecule has 3 atom stereocenters. The number of hydrogen-bond acceptors (Lipinski definition) is 4. The number of nitrogens with one attached hydrogen (secondary N) is 1. The molecular weight excluding hydrogens is 334 g/mol. The van der Waals surface area contributed by atoms with Gasteiger partial charge in [0.1, 0.15) is 12.0 Å². The lowest BCUT2D eigenvalue weighted by atomic mass is 9.97. The summed E-state index contributed by atoms with van der Waals surface area (Å²) in [5.74, 6) is 0.639. The van der Waals surface area contributed by atoms with Crippen LogP contribution in [0, 0.1) is 5.92 Å². The minimum atomic E-state index is -0.0995. The first kappa shape index (κ1) is 13.3. The van der Waals surface area contributed by atoms with Gasteiger partial charge in [0.25, 0.3) is 5.91 Å². The van der Waals surface area contributed by atoms with E-state index in [9.17, 15) is 4.79 Å². The van der Waals surface area contributed by atoms with Gasteiger partial charge in [0, 0.05) is 24.5 Å². The van der Waals surface area contributed by atoms with Crippen molar-refractivity contribution in [2.24, 2.45) is 5.92 Å². The molecule has 2 unspecified atom stereocenters. The normalized spacial score (nSPS) is 28.0. The predicted octanol–water partition coefficient (Wildman–Crippen LogP) is 2.41. The summed E-state index contributed by atoms with van der Waals surface area (Å²) in [5, 5.41) is 4.00. The Balaban J connectivity index is 1.52. The first-order valence-electron chi connectivity index (χ1n) is 7.25. The van der Waals surface area contributed by atoms with Crippen molar-refractivity contribution < 1.29 is 9.21 Å². The highest BCUT2D eigenvalue weighted by molar-refractivity contribution is 9.10. The summed E-state index contributed by atoms with van der Waals surface area (Å²) in [7, 11) is 0. The maximum absolute atomic E-state index is 12.4. The summed E-state index contributed by atoms with van der Waals surface area (Å²) < 4.78 is 6.17. The number of aromatic nitrogens is 1. The maximum Gasteiger partial charge on any atom is 0.270 e. The standard InChI is InChI=1S/C15H16BrN3O2/c16-12-8-21-14-5-17-13(4-11(12)14)15(20)18-10-3-9-1-2-19(6-9)7-10/h4-5,8-10H,1-3,6-7H2,(H,18,20)/t9?,10-/m1/s1. The van der Waals surface area contributed by atoms with Crippen LogP contribution in [0.1, 0.15) is 23.3 Å². The SMILES string of the molecule is O=C(N[C@@H]1CC2CCN(C2)C1)c1cc2c(Br)coc2cn1. The predicted molar refractivity (Wildman–Crippen MR) is 82.1 cm³/mol. The molecule has 0 aromatic carbocycles. The number of furan rings is 1. The molecule has 2 aliphatic heterocycles. The Morgan fingerprint density at radius 1 is 1.48 bits per heavy atom. The summed E-state index contributed by atoms with van der Waals surface area (Å²) in [6.07, 6.45) is 5.56. The van der Waals surface area contributed by atoms with Gasteiger partial charge >= 0.3 is 0 Å². The van der Waals surface area contributed by atoms with Crippen molar-refractivity contribution in [2.45, 2.75) is 18.9 Å². The van der Waals surface area contributed by atoms with E-state index >= 15 is 0 Å². The van der Waals surface area contributed by atoms with Crippen LogP contribution >= 0.6 is 15.9 Å². The molecule has 0 spiro atoms. The van der Waals surface area contributed by atoms with Gasteiger partial charge in [-0.25, -0.2) is 4.98 Å². The molecule has 21 heavy (non-hydrogen) atoms. The zero-order chi connectivity index (χ0) is 14.4. The van der Waals surface area contributed by atoms with Gasteiger partial charge in [0.05, 0.1) is 10.7 Å². The van der Waals surface area contributed by atoms with Crippen molar-refractivity contribution in [1.29, 1.82) is 0 Å². The van der Waals surface area contributed by atoms with E-state index in [-0.39, 0.29) is 11.9 Å². The highest BCUT2D eigenvalue weighted by Crippen LogP contribution is 2.28. The lowest BCUT2D eigenvalue weighted by Gasteiger charge is -2.30. The van der Waals surface area contributed by atoms with Gasteiger partial charge in [-0.2, -0.15) is 0 Å². The molecule has 4 heterocycles. The quantitative estimate of drug-likeness (QED) is 0.904. The van der Waals surface area contributed by atoms with Crippen molar-refractivity contribution in [3.05, 3.63) is 28.7 Å². The minimum Gasteiger partial charge on any atom is -0.461 e. The summed E-state index contributed by atoms with van der Waals surface area (Å²) in [5.41, 5.74) is 1.12.